The summed E-state index contributed by atoms with van der Waals surface area (Å²) in [6.45, 7) is -0.215. The fourth-order valence-electron chi connectivity index (χ4n) is 2.67. The normalized spacial score (nSPS) is 14.7. The van der Waals surface area contributed by atoms with E-state index in [1.54, 1.807) is 48.5 Å². The van der Waals surface area contributed by atoms with Crippen LogP contribution < -0.4 is 9.47 Å². The Morgan fingerprint density at radius 1 is 1.20 bits per heavy atom. The Kier molecular flexibility index (Phi) is 6.98. The molecule has 0 unspecified atom stereocenters. The average Bonchev–Trinajstić information content (AvgIpc) is 3.00. The summed E-state index contributed by atoms with van der Waals surface area (Å²) in [5.74, 6) is 2.47. The molecule has 0 bridgehead atoms. The highest BCUT2D eigenvalue weighted by atomic mass is 79.9. The van der Waals surface area contributed by atoms with Gasteiger partial charge in [-0.2, -0.15) is 0 Å². The van der Waals surface area contributed by atoms with Crippen molar-refractivity contribution < 1.29 is 23.9 Å². The minimum atomic E-state index is -0.512. The monoisotopic (exact) mass is 485 g/mol. The van der Waals surface area contributed by atoms with E-state index in [1.165, 1.54) is 7.11 Å². The van der Waals surface area contributed by atoms with Crippen LogP contribution in [0.4, 0.5) is 4.79 Å². The zero-order chi connectivity index (χ0) is 21.7. The number of ketones is 1. The summed E-state index contributed by atoms with van der Waals surface area (Å²) in [4.78, 5) is 38.6. The van der Waals surface area contributed by atoms with E-state index in [4.69, 9.17) is 15.9 Å². The van der Waals surface area contributed by atoms with Crippen molar-refractivity contribution >= 4 is 50.7 Å². The first-order chi connectivity index (χ1) is 14.4. The molecule has 1 aliphatic heterocycles. The van der Waals surface area contributed by atoms with Crippen LogP contribution in [0.2, 0.25) is 0 Å². The largest absolute Gasteiger partial charge is 0.493 e. The molecule has 0 radical (unpaired) electrons. The van der Waals surface area contributed by atoms with Crippen molar-refractivity contribution in [1.29, 1.82) is 0 Å². The second kappa shape index (κ2) is 9.65. The minimum Gasteiger partial charge on any atom is -0.493 e. The summed E-state index contributed by atoms with van der Waals surface area (Å²) < 4.78 is 11.5. The Morgan fingerprint density at radius 3 is 2.60 bits per heavy atom. The quantitative estimate of drug-likeness (QED) is 0.329. The van der Waals surface area contributed by atoms with Crippen molar-refractivity contribution in [3.8, 4) is 23.8 Å². The molecule has 1 saturated heterocycles. The van der Waals surface area contributed by atoms with Gasteiger partial charge in [-0.25, -0.2) is 0 Å². The molecule has 1 heterocycles. The number of terminal acetylenes is 1. The number of ether oxygens (including phenoxy) is 2. The molecule has 8 heteroatoms. The zero-order valence-corrected chi connectivity index (χ0v) is 18.3. The number of thioether (sulfide) groups is 1. The third-order valence-electron chi connectivity index (χ3n) is 4.14. The predicted molar refractivity (Wildman–Crippen MR) is 118 cm³/mol. The average molecular weight is 486 g/mol. The summed E-state index contributed by atoms with van der Waals surface area (Å²) in [6, 6.07) is 11.8. The number of rotatable bonds is 7. The predicted octanol–water partition coefficient (Wildman–Crippen LogP) is 4.39. The Morgan fingerprint density at radius 2 is 1.93 bits per heavy atom. The Labute approximate surface area is 186 Å². The third-order valence-corrected chi connectivity index (χ3v) is 5.57. The molecule has 2 amide bonds. The van der Waals surface area contributed by atoms with Crippen LogP contribution in [0.25, 0.3) is 6.08 Å². The van der Waals surface area contributed by atoms with Gasteiger partial charge in [0.1, 0.15) is 6.61 Å². The first-order valence-corrected chi connectivity index (χ1v) is 10.3. The molecule has 0 spiro atoms. The highest BCUT2D eigenvalue weighted by Gasteiger charge is 2.36. The molecule has 2 aromatic carbocycles. The molecule has 1 fully saturated rings. The summed E-state index contributed by atoms with van der Waals surface area (Å²) >= 11 is 4.09. The van der Waals surface area contributed by atoms with Crippen LogP contribution in [0.1, 0.15) is 15.9 Å². The van der Waals surface area contributed by atoms with E-state index in [0.29, 0.717) is 22.6 Å². The smallest absolute Gasteiger partial charge is 0.293 e. The summed E-state index contributed by atoms with van der Waals surface area (Å²) in [5, 5.41) is -0.488. The second-order valence-corrected chi connectivity index (χ2v) is 8.01. The molecule has 2 aromatic rings. The number of hydrogen-bond acceptors (Lipinski definition) is 6. The van der Waals surface area contributed by atoms with E-state index in [2.05, 4.69) is 21.9 Å². The van der Waals surface area contributed by atoms with E-state index in [-0.39, 0.29) is 23.8 Å². The van der Waals surface area contributed by atoms with Gasteiger partial charge in [0.15, 0.2) is 17.3 Å². The van der Waals surface area contributed by atoms with Crippen LogP contribution in [0, 0.1) is 12.3 Å². The second-order valence-electron chi connectivity index (χ2n) is 6.10. The topological polar surface area (TPSA) is 72.9 Å². The van der Waals surface area contributed by atoms with Gasteiger partial charge in [-0.1, -0.05) is 40.0 Å². The van der Waals surface area contributed by atoms with Gasteiger partial charge in [0.25, 0.3) is 11.1 Å². The molecular formula is C22H16BrNO5S. The maximum absolute atomic E-state index is 12.7. The lowest BCUT2D eigenvalue weighted by molar-refractivity contribution is -0.122. The standard InChI is InChI=1S/C22H16BrNO5S/c1-3-10-29-18-9-4-14(11-19(18)28-2)12-20-21(26)24(22(27)30-20)13-17(25)15-5-7-16(23)8-6-15/h1,4-9,11-12H,10,13H2,2H3/b20-12-. The van der Waals surface area contributed by atoms with Crippen LogP contribution in [-0.2, 0) is 4.79 Å². The SMILES string of the molecule is C#CCOc1ccc(/C=C2\SC(=O)N(CC(=O)c3ccc(Br)cc3)C2=O)cc1OC. The fourth-order valence-corrected chi connectivity index (χ4v) is 3.77. The molecule has 0 aromatic heterocycles. The van der Waals surface area contributed by atoms with Gasteiger partial charge >= 0.3 is 0 Å². The van der Waals surface area contributed by atoms with Crippen molar-refractivity contribution in [2.24, 2.45) is 0 Å². The number of Topliss-reactive ketones (excluding diaryl/α,β-unsaturated/α-hetero) is 1. The van der Waals surface area contributed by atoms with Crippen molar-refractivity contribution in [3.05, 3.63) is 63.0 Å². The number of nitrogens with zero attached hydrogens (tertiary/aromatic N) is 1. The summed E-state index contributed by atoms with van der Waals surface area (Å²) in [7, 11) is 1.49. The van der Waals surface area contributed by atoms with Gasteiger partial charge in [0.05, 0.1) is 18.6 Å². The number of halogens is 1. The van der Waals surface area contributed by atoms with Crippen molar-refractivity contribution in [2.75, 3.05) is 20.3 Å². The molecular weight excluding hydrogens is 470 g/mol. The molecule has 0 aliphatic carbocycles. The maximum Gasteiger partial charge on any atom is 0.293 e. The fraction of sp³-hybridized carbons (Fsp3) is 0.136. The lowest BCUT2D eigenvalue weighted by Gasteiger charge is -2.11. The van der Waals surface area contributed by atoms with Gasteiger partial charge in [0.2, 0.25) is 0 Å². The van der Waals surface area contributed by atoms with Crippen LogP contribution in [0.5, 0.6) is 11.5 Å². The Balaban J connectivity index is 1.77. The molecule has 152 valence electrons. The van der Waals surface area contributed by atoms with Gasteiger partial charge in [-0.05, 0) is 47.7 Å². The number of methoxy groups -OCH3 is 1. The number of imide groups is 1. The summed E-state index contributed by atoms with van der Waals surface area (Å²) in [5.41, 5.74) is 1.07. The Hall–Kier alpha value is -3.02. The molecule has 0 saturated carbocycles. The zero-order valence-electron chi connectivity index (χ0n) is 15.9. The molecule has 1 aliphatic rings. The first kappa shape index (κ1) is 21.7. The van der Waals surface area contributed by atoms with Crippen LogP contribution >= 0.6 is 27.7 Å². The minimum absolute atomic E-state index is 0.0982. The van der Waals surface area contributed by atoms with E-state index in [0.717, 1.165) is 21.1 Å². The van der Waals surface area contributed by atoms with Gasteiger partial charge in [0, 0.05) is 10.0 Å². The number of hydrogen-bond donors (Lipinski definition) is 0. The Bertz CT molecular complexity index is 1070. The van der Waals surface area contributed by atoms with E-state index in [9.17, 15) is 14.4 Å². The number of carbonyl (C=O) groups excluding carboxylic acids is 3. The van der Waals surface area contributed by atoms with Crippen molar-refractivity contribution in [2.45, 2.75) is 0 Å². The van der Waals surface area contributed by atoms with E-state index in [1.807, 2.05) is 0 Å². The van der Waals surface area contributed by atoms with Gasteiger partial charge in [-0.15, -0.1) is 6.42 Å². The van der Waals surface area contributed by atoms with E-state index >= 15 is 0 Å². The van der Waals surface area contributed by atoms with Crippen molar-refractivity contribution in [3.63, 3.8) is 0 Å². The highest BCUT2D eigenvalue weighted by Crippen LogP contribution is 2.34. The lowest BCUT2D eigenvalue weighted by Crippen LogP contribution is -2.33. The molecule has 3 rings (SSSR count). The van der Waals surface area contributed by atoms with Gasteiger partial charge in [-0.3, -0.25) is 19.3 Å². The van der Waals surface area contributed by atoms with Crippen LogP contribution in [0.15, 0.2) is 51.8 Å². The van der Waals surface area contributed by atoms with Crippen LogP contribution in [0.3, 0.4) is 0 Å². The third kappa shape index (κ3) is 4.93. The number of benzene rings is 2. The highest BCUT2D eigenvalue weighted by molar-refractivity contribution is 9.10. The number of amides is 2. The molecule has 0 N–H and O–H groups in total. The summed E-state index contributed by atoms with van der Waals surface area (Å²) in [6.07, 6.45) is 6.77. The lowest BCUT2D eigenvalue weighted by atomic mass is 10.1. The number of carbonyl (C=O) groups is 3. The van der Waals surface area contributed by atoms with E-state index < -0.39 is 11.1 Å². The molecule has 6 nitrogen and oxygen atoms in total. The molecule has 30 heavy (non-hydrogen) atoms. The maximum atomic E-state index is 12.7. The first-order valence-electron chi connectivity index (χ1n) is 8.71. The van der Waals surface area contributed by atoms with Gasteiger partial charge < -0.3 is 9.47 Å². The molecule has 0 atom stereocenters. The van der Waals surface area contributed by atoms with Crippen LogP contribution in [-0.4, -0.2) is 42.1 Å². The van der Waals surface area contributed by atoms with Crippen molar-refractivity contribution in [1.82, 2.24) is 4.90 Å².